The molecule has 0 aromatic rings. The number of ether oxygens (including phenoxy) is 3. The van der Waals surface area contributed by atoms with E-state index in [0.29, 0.717) is 43.7 Å². The molecule has 5 nitrogen and oxygen atoms in total. The molecule has 0 bridgehead atoms. The van der Waals surface area contributed by atoms with E-state index in [1.807, 2.05) is 6.08 Å². The summed E-state index contributed by atoms with van der Waals surface area (Å²) in [6.45, 7) is 9.40. The molecule has 2 saturated carbocycles. The second-order valence-corrected chi connectivity index (χ2v) is 10.8. The lowest BCUT2D eigenvalue weighted by atomic mass is 9.47. The van der Waals surface area contributed by atoms with E-state index in [9.17, 15) is 9.59 Å². The molecule has 1 heterocycles. The van der Waals surface area contributed by atoms with Gasteiger partial charge in [0.2, 0.25) is 0 Å². The summed E-state index contributed by atoms with van der Waals surface area (Å²) in [5.41, 5.74) is 0.965. The first-order chi connectivity index (χ1) is 14.2. The third kappa shape index (κ3) is 2.81. The minimum Gasteiger partial charge on any atom is -0.431 e. The van der Waals surface area contributed by atoms with Gasteiger partial charge in [-0.1, -0.05) is 19.9 Å². The highest BCUT2D eigenvalue weighted by atomic mass is 16.7. The lowest BCUT2D eigenvalue weighted by Crippen LogP contribution is -2.56. The second-order valence-electron chi connectivity index (χ2n) is 10.8. The van der Waals surface area contributed by atoms with E-state index in [1.54, 1.807) is 0 Å². The van der Waals surface area contributed by atoms with Crippen LogP contribution in [0.2, 0.25) is 0 Å². The molecule has 4 aliphatic carbocycles. The molecule has 164 valence electrons. The van der Waals surface area contributed by atoms with Crippen LogP contribution in [0.25, 0.3) is 0 Å². The highest BCUT2D eigenvalue weighted by Crippen LogP contribution is 2.66. The molecule has 0 N–H and O–H groups in total. The molecule has 0 amide bonds. The van der Waals surface area contributed by atoms with Gasteiger partial charge in [0.15, 0.2) is 5.79 Å². The Morgan fingerprint density at radius 1 is 1.17 bits per heavy atom. The Kier molecular flexibility index (Phi) is 4.61. The fourth-order valence-corrected chi connectivity index (χ4v) is 7.99. The number of carbonyl (C=O) groups is 2. The van der Waals surface area contributed by atoms with Gasteiger partial charge in [-0.25, -0.2) is 0 Å². The van der Waals surface area contributed by atoms with Gasteiger partial charge >= 0.3 is 5.97 Å². The van der Waals surface area contributed by atoms with Crippen molar-refractivity contribution >= 4 is 11.8 Å². The lowest BCUT2D eigenvalue weighted by Gasteiger charge is -2.56. The van der Waals surface area contributed by atoms with Crippen molar-refractivity contribution in [2.75, 3.05) is 13.2 Å². The number of carbonyl (C=O) groups excluding carboxylic acids is 2. The maximum atomic E-state index is 13.7. The van der Waals surface area contributed by atoms with Gasteiger partial charge < -0.3 is 14.2 Å². The van der Waals surface area contributed by atoms with Crippen molar-refractivity contribution < 1.29 is 23.8 Å². The van der Waals surface area contributed by atoms with Gasteiger partial charge in [-0.2, -0.15) is 0 Å². The zero-order valence-electron chi connectivity index (χ0n) is 18.7. The molecule has 1 saturated heterocycles. The quantitative estimate of drug-likeness (QED) is 0.620. The summed E-state index contributed by atoms with van der Waals surface area (Å²) < 4.78 is 17.5. The average molecular weight is 415 g/mol. The fourth-order valence-electron chi connectivity index (χ4n) is 7.99. The van der Waals surface area contributed by atoms with Crippen LogP contribution in [-0.2, 0) is 23.8 Å². The number of allylic oxidation sites excluding steroid dienone is 4. The number of Topliss-reactive ketones (excluding diaryl/α,β-unsaturated/α-hetero) is 1. The number of ketones is 1. The van der Waals surface area contributed by atoms with Crippen LogP contribution in [0.1, 0.15) is 66.2 Å². The highest BCUT2D eigenvalue weighted by molar-refractivity contribution is 5.85. The molecule has 5 heteroatoms. The molecule has 30 heavy (non-hydrogen) atoms. The topological polar surface area (TPSA) is 61.8 Å². The Bertz CT molecular complexity index is 834. The summed E-state index contributed by atoms with van der Waals surface area (Å²) in [7, 11) is 0. The molecule has 6 atom stereocenters. The average Bonchev–Trinajstić information content (AvgIpc) is 3.25. The smallest absolute Gasteiger partial charge is 0.307 e. The monoisotopic (exact) mass is 414 g/mol. The normalized spacial score (nSPS) is 44.5. The Morgan fingerprint density at radius 2 is 1.90 bits per heavy atom. The summed E-state index contributed by atoms with van der Waals surface area (Å²) in [5.74, 6) is 1.54. The van der Waals surface area contributed by atoms with Crippen molar-refractivity contribution in [1.29, 1.82) is 0 Å². The summed E-state index contributed by atoms with van der Waals surface area (Å²) in [6, 6.07) is 0. The third-order valence-corrected chi connectivity index (χ3v) is 9.19. The molecule has 0 spiro atoms. The number of rotatable bonds is 2. The van der Waals surface area contributed by atoms with Crippen molar-refractivity contribution in [1.82, 2.24) is 0 Å². The van der Waals surface area contributed by atoms with Crippen molar-refractivity contribution in [2.24, 2.45) is 34.5 Å². The van der Waals surface area contributed by atoms with Crippen LogP contribution in [-0.4, -0.2) is 30.8 Å². The van der Waals surface area contributed by atoms with E-state index in [1.165, 1.54) is 12.5 Å². The van der Waals surface area contributed by atoms with Crippen LogP contribution in [0.4, 0.5) is 0 Å². The third-order valence-electron chi connectivity index (χ3n) is 9.19. The van der Waals surface area contributed by atoms with Gasteiger partial charge in [-0.05, 0) is 61.5 Å². The molecule has 5 rings (SSSR count). The van der Waals surface area contributed by atoms with Gasteiger partial charge in [-0.3, -0.25) is 9.59 Å². The number of hydrogen-bond acceptors (Lipinski definition) is 5. The molecule has 6 unspecified atom stereocenters. The largest absolute Gasteiger partial charge is 0.431 e. The number of fused-ring (bicyclic) bond motifs is 5. The first-order valence-corrected chi connectivity index (χ1v) is 11.6. The Balaban J connectivity index is 1.48. The van der Waals surface area contributed by atoms with Gasteiger partial charge in [0.05, 0.1) is 13.2 Å². The van der Waals surface area contributed by atoms with Gasteiger partial charge in [0.25, 0.3) is 0 Å². The molecule has 5 aliphatic rings. The molecular formula is C25H34O5. The van der Waals surface area contributed by atoms with Gasteiger partial charge in [0.1, 0.15) is 11.5 Å². The summed E-state index contributed by atoms with van der Waals surface area (Å²) in [5, 5.41) is 0. The predicted molar refractivity (Wildman–Crippen MR) is 111 cm³/mol. The van der Waals surface area contributed by atoms with Crippen LogP contribution in [0.15, 0.2) is 23.5 Å². The fraction of sp³-hybridized carbons (Fsp3) is 0.760. The summed E-state index contributed by atoms with van der Waals surface area (Å²) in [6.07, 6.45) is 9.69. The van der Waals surface area contributed by atoms with Crippen molar-refractivity contribution in [3.63, 3.8) is 0 Å². The number of esters is 1. The Hall–Kier alpha value is -1.46. The minimum absolute atomic E-state index is 0.0580. The highest BCUT2D eigenvalue weighted by Gasteiger charge is 2.65. The van der Waals surface area contributed by atoms with E-state index >= 15 is 0 Å². The summed E-state index contributed by atoms with van der Waals surface area (Å²) in [4.78, 5) is 25.1. The van der Waals surface area contributed by atoms with Crippen LogP contribution >= 0.6 is 0 Å². The maximum Gasteiger partial charge on any atom is 0.307 e. The van der Waals surface area contributed by atoms with Gasteiger partial charge in [0, 0.05) is 37.0 Å². The van der Waals surface area contributed by atoms with Crippen LogP contribution in [0.3, 0.4) is 0 Å². The van der Waals surface area contributed by atoms with Crippen LogP contribution < -0.4 is 0 Å². The zero-order chi connectivity index (χ0) is 21.3. The second kappa shape index (κ2) is 6.77. The van der Waals surface area contributed by atoms with Crippen molar-refractivity contribution in [3.8, 4) is 0 Å². The molecule has 3 fully saturated rings. The summed E-state index contributed by atoms with van der Waals surface area (Å²) >= 11 is 0. The van der Waals surface area contributed by atoms with Crippen LogP contribution in [0, 0.1) is 34.5 Å². The SMILES string of the molecule is CC(=O)OC1=CC2=CCC3C(C(=O)CC4(C)C3CCC4C3(C)OCCO3)C2(C)CC1. The van der Waals surface area contributed by atoms with E-state index in [2.05, 4.69) is 26.8 Å². The molecule has 1 aliphatic heterocycles. The number of hydrogen-bond donors (Lipinski definition) is 0. The molecular weight excluding hydrogens is 380 g/mol. The van der Waals surface area contributed by atoms with Gasteiger partial charge in [-0.15, -0.1) is 0 Å². The molecule has 0 aromatic carbocycles. The first kappa shape index (κ1) is 20.4. The Morgan fingerprint density at radius 3 is 2.60 bits per heavy atom. The molecule has 0 aromatic heterocycles. The van der Waals surface area contributed by atoms with Crippen molar-refractivity contribution in [3.05, 3.63) is 23.5 Å². The van der Waals surface area contributed by atoms with Crippen LogP contribution in [0.5, 0.6) is 0 Å². The standard InChI is InChI=1S/C25H34O5/c1-15(26)30-17-9-10-23(2)16(13-17)5-6-18-19-7-8-21(25(4)28-11-12-29-25)24(19,3)14-20(27)22(18)23/h5,13,18-19,21-22H,6-12,14H2,1-4H3. The van der Waals surface area contributed by atoms with E-state index < -0.39 is 5.79 Å². The van der Waals surface area contributed by atoms with E-state index in [-0.39, 0.29) is 28.6 Å². The Labute approximate surface area is 179 Å². The minimum atomic E-state index is -0.553. The first-order valence-electron chi connectivity index (χ1n) is 11.6. The molecule has 0 radical (unpaired) electrons. The zero-order valence-corrected chi connectivity index (χ0v) is 18.7. The van der Waals surface area contributed by atoms with Crippen molar-refractivity contribution in [2.45, 2.75) is 72.0 Å². The lowest BCUT2D eigenvalue weighted by molar-refractivity contribution is -0.212. The van der Waals surface area contributed by atoms with E-state index in [4.69, 9.17) is 14.2 Å². The maximum absolute atomic E-state index is 13.7. The van der Waals surface area contributed by atoms with E-state index in [0.717, 1.165) is 31.4 Å². The predicted octanol–water partition coefficient (Wildman–Crippen LogP) is 4.56.